The smallest absolute Gasteiger partial charge is 0.317 e. The van der Waals surface area contributed by atoms with Gasteiger partial charge < -0.3 is 19.9 Å². The molecule has 1 saturated heterocycles. The number of amides is 3. The Kier molecular flexibility index (Phi) is 5.18. The van der Waals surface area contributed by atoms with Gasteiger partial charge in [0, 0.05) is 31.1 Å². The van der Waals surface area contributed by atoms with Crippen molar-refractivity contribution in [3.05, 3.63) is 40.8 Å². The van der Waals surface area contributed by atoms with Crippen molar-refractivity contribution in [2.45, 2.75) is 19.0 Å². The second-order valence-electron chi connectivity index (χ2n) is 5.89. The van der Waals surface area contributed by atoms with E-state index < -0.39 is 0 Å². The van der Waals surface area contributed by atoms with E-state index >= 15 is 0 Å². The van der Waals surface area contributed by atoms with E-state index in [1.165, 1.54) is 11.3 Å². The Morgan fingerprint density at radius 2 is 2.20 bits per heavy atom. The van der Waals surface area contributed by atoms with Crippen molar-refractivity contribution < 1.29 is 14.3 Å². The average molecular weight is 360 g/mol. The minimum atomic E-state index is -0.208. The standard InChI is InChI=1S/C17H20N4O3S/c1-20(8-13-10-25-11-18-13)17(23)19-12-7-16(22)21(9-12)14-3-5-15(24-2)6-4-14/h3-6,10-12H,7-9H2,1-2H3,(H,19,23)/t12-/m0/s1. The number of nitrogens with one attached hydrogen (secondary N) is 1. The fourth-order valence-electron chi connectivity index (χ4n) is 2.73. The quantitative estimate of drug-likeness (QED) is 0.886. The van der Waals surface area contributed by atoms with Crippen molar-refractivity contribution in [3.63, 3.8) is 0 Å². The number of benzene rings is 1. The van der Waals surface area contributed by atoms with Crippen LogP contribution in [0.4, 0.5) is 10.5 Å². The first-order valence-corrected chi connectivity index (χ1v) is 8.84. The molecule has 1 aliphatic rings. The Morgan fingerprint density at radius 1 is 1.44 bits per heavy atom. The molecule has 25 heavy (non-hydrogen) atoms. The lowest BCUT2D eigenvalue weighted by Gasteiger charge is -2.21. The van der Waals surface area contributed by atoms with E-state index in [2.05, 4.69) is 10.3 Å². The van der Waals surface area contributed by atoms with E-state index in [9.17, 15) is 9.59 Å². The molecule has 0 radical (unpaired) electrons. The number of methoxy groups -OCH3 is 1. The van der Waals surface area contributed by atoms with Gasteiger partial charge in [0.05, 0.1) is 30.9 Å². The van der Waals surface area contributed by atoms with E-state index in [1.807, 2.05) is 29.6 Å². The summed E-state index contributed by atoms with van der Waals surface area (Å²) in [6.45, 7) is 0.902. The molecule has 1 fully saturated rings. The van der Waals surface area contributed by atoms with Crippen LogP contribution in [-0.2, 0) is 11.3 Å². The Bertz CT molecular complexity index is 733. The molecule has 0 unspecified atom stereocenters. The van der Waals surface area contributed by atoms with Gasteiger partial charge in [-0.3, -0.25) is 4.79 Å². The van der Waals surface area contributed by atoms with Gasteiger partial charge in [-0.1, -0.05) is 0 Å². The maximum Gasteiger partial charge on any atom is 0.317 e. The number of carbonyl (C=O) groups is 2. The highest BCUT2D eigenvalue weighted by atomic mass is 32.1. The largest absolute Gasteiger partial charge is 0.497 e. The SMILES string of the molecule is COc1ccc(N2C[C@@H](NC(=O)N(C)Cc3cscn3)CC2=O)cc1. The maximum atomic E-state index is 12.3. The van der Waals surface area contributed by atoms with E-state index in [1.54, 1.807) is 29.5 Å². The third kappa shape index (κ3) is 4.08. The van der Waals surface area contributed by atoms with Crippen LogP contribution in [0.25, 0.3) is 0 Å². The summed E-state index contributed by atoms with van der Waals surface area (Å²) in [5.74, 6) is 0.738. The minimum Gasteiger partial charge on any atom is -0.497 e. The lowest BCUT2D eigenvalue weighted by molar-refractivity contribution is -0.117. The van der Waals surface area contributed by atoms with Crippen molar-refractivity contribution in [1.29, 1.82) is 0 Å². The summed E-state index contributed by atoms with van der Waals surface area (Å²) < 4.78 is 5.13. The van der Waals surface area contributed by atoms with Crippen LogP contribution in [0.15, 0.2) is 35.2 Å². The fraction of sp³-hybridized carbons (Fsp3) is 0.353. The molecule has 3 rings (SSSR count). The van der Waals surface area contributed by atoms with Crippen LogP contribution >= 0.6 is 11.3 Å². The second kappa shape index (κ2) is 7.52. The van der Waals surface area contributed by atoms with Crippen molar-refractivity contribution >= 4 is 29.0 Å². The van der Waals surface area contributed by atoms with E-state index in [0.717, 1.165) is 17.1 Å². The number of carbonyl (C=O) groups excluding carboxylic acids is 2. The minimum absolute atomic E-state index is 0.00220. The first-order valence-electron chi connectivity index (χ1n) is 7.90. The first-order chi connectivity index (χ1) is 12.1. The van der Waals surface area contributed by atoms with Crippen molar-refractivity contribution in [3.8, 4) is 5.75 Å². The molecule has 1 aliphatic heterocycles. The predicted octanol–water partition coefficient (Wildman–Crippen LogP) is 2.10. The number of nitrogens with zero attached hydrogens (tertiary/aromatic N) is 3. The van der Waals surface area contributed by atoms with Gasteiger partial charge in [0.2, 0.25) is 5.91 Å². The van der Waals surface area contributed by atoms with Crippen molar-refractivity contribution in [1.82, 2.24) is 15.2 Å². The molecule has 0 bridgehead atoms. The summed E-state index contributed by atoms with van der Waals surface area (Å²) in [5.41, 5.74) is 3.40. The Morgan fingerprint density at radius 3 is 2.84 bits per heavy atom. The van der Waals surface area contributed by atoms with Gasteiger partial charge >= 0.3 is 6.03 Å². The number of thiazole rings is 1. The summed E-state index contributed by atoms with van der Waals surface area (Å²) in [7, 11) is 3.32. The molecule has 8 heteroatoms. The number of hydrogen-bond acceptors (Lipinski definition) is 5. The molecule has 1 atom stereocenters. The monoisotopic (exact) mass is 360 g/mol. The second-order valence-corrected chi connectivity index (χ2v) is 6.61. The molecule has 1 N–H and O–H groups in total. The molecule has 3 amide bonds. The first kappa shape index (κ1) is 17.2. The highest BCUT2D eigenvalue weighted by Crippen LogP contribution is 2.24. The summed E-state index contributed by atoms with van der Waals surface area (Å²) in [4.78, 5) is 32.0. The molecule has 0 aliphatic carbocycles. The molecular weight excluding hydrogens is 340 g/mol. The number of urea groups is 1. The van der Waals surface area contributed by atoms with Crippen LogP contribution in [0, 0.1) is 0 Å². The molecule has 2 heterocycles. The van der Waals surface area contributed by atoms with Crippen LogP contribution in [-0.4, -0.2) is 48.6 Å². The Labute approximate surface area is 150 Å². The normalized spacial score (nSPS) is 16.8. The molecule has 0 saturated carbocycles. The lowest BCUT2D eigenvalue weighted by atomic mass is 10.2. The molecule has 0 spiro atoms. The Hall–Kier alpha value is -2.61. The lowest BCUT2D eigenvalue weighted by Crippen LogP contribution is -2.44. The van der Waals surface area contributed by atoms with Crippen LogP contribution in [0.1, 0.15) is 12.1 Å². The Balaban J connectivity index is 1.57. The summed E-state index contributed by atoms with van der Waals surface area (Å²) in [6, 6.07) is 6.90. The zero-order valence-electron chi connectivity index (χ0n) is 14.1. The number of anilines is 1. The van der Waals surface area contributed by atoms with Gasteiger partial charge in [0.1, 0.15) is 5.75 Å². The molecule has 2 aromatic rings. The van der Waals surface area contributed by atoms with Crippen LogP contribution in [0.5, 0.6) is 5.75 Å². The van der Waals surface area contributed by atoms with Gasteiger partial charge in [-0.25, -0.2) is 9.78 Å². The van der Waals surface area contributed by atoms with Gasteiger partial charge in [-0.2, -0.15) is 0 Å². The number of ether oxygens (including phenoxy) is 1. The zero-order chi connectivity index (χ0) is 17.8. The molecule has 7 nitrogen and oxygen atoms in total. The van der Waals surface area contributed by atoms with Crippen molar-refractivity contribution in [2.24, 2.45) is 0 Å². The molecule has 1 aromatic carbocycles. The summed E-state index contributed by atoms with van der Waals surface area (Å²) in [6.07, 6.45) is 0.294. The third-order valence-electron chi connectivity index (χ3n) is 4.07. The topological polar surface area (TPSA) is 74.8 Å². The van der Waals surface area contributed by atoms with E-state index in [4.69, 9.17) is 4.74 Å². The van der Waals surface area contributed by atoms with Crippen molar-refractivity contribution in [2.75, 3.05) is 25.6 Å². The number of rotatable bonds is 5. The summed E-state index contributed by atoms with van der Waals surface area (Å²) in [5, 5.41) is 4.83. The van der Waals surface area contributed by atoms with Crippen LogP contribution in [0.2, 0.25) is 0 Å². The van der Waals surface area contributed by atoms with E-state index in [-0.39, 0.29) is 18.0 Å². The van der Waals surface area contributed by atoms with Gasteiger partial charge in [0.25, 0.3) is 0 Å². The molecular formula is C17H20N4O3S. The molecule has 132 valence electrons. The van der Waals surface area contributed by atoms with Gasteiger partial charge in [0.15, 0.2) is 0 Å². The molecule has 1 aromatic heterocycles. The number of aromatic nitrogens is 1. The average Bonchev–Trinajstić information content (AvgIpc) is 3.24. The highest BCUT2D eigenvalue weighted by molar-refractivity contribution is 7.07. The third-order valence-corrected chi connectivity index (χ3v) is 4.70. The summed E-state index contributed by atoms with van der Waals surface area (Å²) >= 11 is 1.50. The van der Waals surface area contributed by atoms with Gasteiger partial charge in [-0.15, -0.1) is 11.3 Å². The predicted molar refractivity (Wildman–Crippen MR) is 95.9 cm³/mol. The van der Waals surface area contributed by atoms with E-state index in [0.29, 0.717) is 19.5 Å². The van der Waals surface area contributed by atoms with Crippen LogP contribution < -0.4 is 15.0 Å². The van der Waals surface area contributed by atoms with Crippen LogP contribution in [0.3, 0.4) is 0 Å². The fourth-order valence-corrected chi connectivity index (χ4v) is 3.28. The van der Waals surface area contributed by atoms with Gasteiger partial charge in [-0.05, 0) is 24.3 Å². The number of hydrogen-bond donors (Lipinski definition) is 1. The highest BCUT2D eigenvalue weighted by Gasteiger charge is 2.32. The maximum absolute atomic E-state index is 12.3. The zero-order valence-corrected chi connectivity index (χ0v) is 15.0.